The maximum absolute atomic E-state index is 5.92. The van der Waals surface area contributed by atoms with Crippen LogP contribution in [0.3, 0.4) is 0 Å². The van der Waals surface area contributed by atoms with Gasteiger partial charge in [0.05, 0.1) is 3.92 Å². The van der Waals surface area contributed by atoms with Crippen molar-refractivity contribution in [3.8, 4) is 5.75 Å². The monoisotopic (exact) mass is 288 g/mol. The Morgan fingerprint density at radius 3 is 2.85 bits per heavy atom. The molecule has 2 rings (SSSR count). The van der Waals surface area contributed by atoms with E-state index in [1.54, 1.807) is 0 Å². The van der Waals surface area contributed by atoms with Crippen LogP contribution < -0.4 is 4.74 Å². The summed E-state index contributed by atoms with van der Waals surface area (Å²) in [5.41, 5.74) is 1.30. The molecule has 0 saturated heterocycles. The number of halogens is 1. The van der Waals surface area contributed by atoms with Gasteiger partial charge >= 0.3 is 0 Å². The maximum atomic E-state index is 5.92. The zero-order chi connectivity index (χ0) is 9.47. The normalized spacial score (nSPS) is 24.7. The van der Waals surface area contributed by atoms with Gasteiger partial charge in [0.2, 0.25) is 0 Å². The molecule has 0 fully saturated rings. The molecule has 13 heavy (non-hydrogen) atoms. The van der Waals surface area contributed by atoms with E-state index in [4.69, 9.17) is 4.74 Å². The number of para-hydroxylation sites is 1. The Labute approximate surface area is 92.6 Å². The summed E-state index contributed by atoms with van der Waals surface area (Å²) < 4.78 is 6.48. The Morgan fingerprint density at radius 1 is 1.38 bits per heavy atom. The van der Waals surface area contributed by atoms with Crippen molar-refractivity contribution in [1.29, 1.82) is 0 Å². The van der Waals surface area contributed by atoms with Gasteiger partial charge in [-0.05, 0) is 31.9 Å². The second kappa shape index (κ2) is 3.15. The number of fused-ring (bicyclic) bond motifs is 1. The first-order chi connectivity index (χ1) is 6.09. The topological polar surface area (TPSA) is 9.23 Å². The summed E-state index contributed by atoms with van der Waals surface area (Å²) in [5.74, 6) is 1.06. The van der Waals surface area contributed by atoms with E-state index in [0.717, 1.165) is 12.2 Å². The van der Waals surface area contributed by atoms with Gasteiger partial charge < -0.3 is 4.74 Å². The molecule has 2 heteroatoms. The molecule has 1 aromatic rings. The molecule has 0 aromatic heterocycles. The summed E-state index contributed by atoms with van der Waals surface area (Å²) in [6.07, 6.45) is 1.11. The Kier molecular flexibility index (Phi) is 2.26. The van der Waals surface area contributed by atoms with Crippen LogP contribution in [0.15, 0.2) is 24.3 Å². The lowest BCUT2D eigenvalue weighted by molar-refractivity contribution is 0.0965. The molecular formula is C11H13IO. The van der Waals surface area contributed by atoms with E-state index >= 15 is 0 Å². The largest absolute Gasteiger partial charge is 0.486 e. The van der Waals surface area contributed by atoms with Crippen molar-refractivity contribution >= 4 is 22.6 Å². The standard InChI is InChI=1S/C11H13IO/c1-11(2)10(12)7-8-5-3-4-6-9(8)13-11/h3-6,10H,7H2,1-2H3/t10-/m0/s1. The molecule has 0 amide bonds. The second-order valence-electron chi connectivity index (χ2n) is 3.98. The highest BCUT2D eigenvalue weighted by Crippen LogP contribution is 2.36. The Balaban J connectivity index is 2.39. The molecule has 1 heterocycles. The predicted molar refractivity (Wildman–Crippen MR) is 62.7 cm³/mol. The van der Waals surface area contributed by atoms with Gasteiger partial charge in [0.1, 0.15) is 11.4 Å². The number of hydrogen-bond acceptors (Lipinski definition) is 1. The number of alkyl halides is 1. The summed E-state index contributed by atoms with van der Waals surface area (Å²) in [4.78, 5) is 0. The Morgan fingerprint density at radius 2 is 2.08 bits per heavy atom. The average molecular weight is 288 g/mol. The number of benzene rings is 1. The molecule has 0 N–H and O–H groups in total. The molecular weight excluding hydrogens is 275 g/mol. The van der Waals surface area contributed by atoms with Crippen LogP contribution in [-0.4, -0.2) is 9.53 Å². The quantitative estimate of drug-likeness (QED) is 0.526. The van der Waals surface area contributed by atoms with E-state index in [2.05, 4.69) is 54.6 Å². The van der Waals surface area contributed by atoms with Gasteiger partial charge in [-0.1, -0.05) is 40.8 Å². The average Bonchev–Trinajstić information content (AvgIpc) is 2.06. The molecule has 1 atom stereocenters. The molecule has 0 unspecified atom stereocenters. The van der Waals surface area contributed by atoms with Crippen LogP contribution in [0.4, 0.5) is 0 Å². The van der Waals surface area contributed by atoms with Crippen molar-refractivity contribution < 1.29 is 4.74 Å². The maximum Gasteiger partial charge on any atom is 0.123 e. The lowest BCUT2D eigenvalue weighted by Crippen LogP contribution is -2.42. The zero-order valence-corrected chi connectivity index (χ0v) is 10.0. The lowest BCUT2D eigenvalue weighted by atomic mass is 9.94. The van der Waals surface area contributed by atoms with E-state index in [-0.39, 0.29) is 5.60 Å². The SMILES string of the molecule is CC1(C)Oc2ccccc2C[C@@H]1I. The molecule has 0 aliphatic carbocycles. The van der Waals surface area contributed by atoms with Gasteiger partial charge in [-0.15, -0.1) is 0 Å². The van der Waals surface area contributed by atoms with Crippen LogP contribution in [0.5, 0.6) is 5.75 Å². The van der Waals surface area contributed by atoms with E-state index in [0.29, 0.717) is 3.92 Å². The zero-order valence-electron chi connectivity index (χ0n) is 7.88. The molecule has 1 aliphatic rings. The number of rotatable bonds is 0. The van der Waals surface area contributed by atoms with Crippen LogP contribution in [0.1, 0.15) is 19.4 Å². The van der Waals surface area contributed by atoms with Crippen molar-refractivity contribution in [3.05, 3.63) is 29.8 Å². The van der Waals surface area contributed by atoms with E-state index < -0.39 is 0 Å². The van der Waals surface area contributed by atoms with Gasteiger partial charge in [0.15, 0.2) is 0 Å². The lowest BCUT2D eigenvalue weighted by Gasteiger charge is -2.37. The molecule has 1 aliphatic heterocycles. The summed E-state index contributed by atoms with van der Waals surface area (Å²) in [6.45, 7) is 4.31. The summed E-state index contributed by atoms with van der Waals surface area (Å²) in [7, 11) is 0. The van der Waals surface area contributed by atoms with Gasteiger partial charge in [-0.25, -0.2) is 0 Å². The highest BCUT2D eigenvalue weighted by atomic mass is 127. The van der Waals surface area contributed by atoms with Crippen LogP contribution in [0.2, 0.25) is 0 Å². The van der Waals surface area contributed by atoms with Crippen LogP contribution in [0, 0.1) is 0 Å². The van der Waals surface area contributed by atoms with Crippen LogP contribution >= 0.6 is 22.6 Å². The van der Waals surface area contributed by atoms with Crippen molar-refractivity contribution in [1.82, 2.24) is 0 Å². The molecule has 70 valence electrons. The van der Waals surface area contributed by atoms with Crippen molar-refractivity contribution in [2.45, 2.75) is 29.8 Å². The van der Waals surface area contributed by atoms with Crippen LogP contribution in [0.25, 0.3) is 0 Å². The van der Waals surface area contributed by atoms with E-state index in [1.165, 1.54) is 5.56 Å². The van der Waals surface area contributed by atoms with Crippen molar-refractivity contribution in [3.63, 3.8) is 0 Å². The van der Waals surface area contributed by atoms with Crippen molar-refractivity contribution in [2.75, 3.05) is 0 Å². The van der Waals surface area contributed by atoms with Gasteiger partial charge in [0.25, 0.3) is 0 Å². The van der Waals surface area contributed by atoms with E-state index in [1.807, 2.05) is 6.07 Å². The molecule has 1 aromatic carbocycles. The third kappa shape index (κ3) is 1.68. The minimum atomic E-state index is -0.0328. The van der Waals surface area contributed by atoms with Crippen LogP contribution in [-0.2, 0) is 6.42 Å². The molecule has 0 saturated carbocycles. The summed E-state index contributed by atoms with van der Waals surface area (Å²) in [6, 6.07) is 8.31. The smallest absolute Gasteiger partial charge is 0.123 e. The second-order valence-corrected chi connectivity index (χ2v) is 5.49. The Hall–Kier alpha value is -0.250. The third-order valence-corrected chi connectivity index (χ3v) is 4.44. The first kappa shape index (κ1) is 9.31. The number of ether oxygens (including phenoxy) is 1. The van der Waals surface area contributed by atoms with Crippen molar-refractivity contribution in [2.24, 2.45) is 0 Å². The van der Waals surface area contributed by atoms with Gasteiger partial charge in [-0.3, -0.25) is 0 Å². The number of hydrogen-bond donors (Lipinski definition) is 0. The Bertz CT molecular complexity index is 320. The highest BCUT2D eigenvalue weighted by molar-refractivity contribution is 14.1. The fourth-order valence-corrected chi connectivity index (χ4v) is 2.16. The predicted octanol–water partition coefficient (Wildman–Crippen LogP) is 3.20. The third-order valence-electron chi connectivity index (χ3n) is 2.50. The summed E-state index contributed by atoms with van der Waals surface area (Å²) >= 11 is 2.47. The van der Waals surface area contributed by atoms with E-state index in [9.17, 15) is 0 Å². The first-order valence-electron chi connectivity index (χ1n) is 4.50. The highest BCUT2D eigenvalue weighted by Gasteiger charge is 2.34. The molecule has 0 spiro atoms. The molecule has 0 bridgehead atoms. The van der Waals surface area contributed by atoms with Gasteiger partial charge in [-0.2, -0.15) is 0 Å². The first-order valence-corrected chi connectivity index (χ1v) is 5.75. The van der Waals surface area contributed by atoms with Gasteiger partial charge in [0, 0.05) is 0 Å². The summed E-state index contributed by atoms with van der Waals surface area (Å²) in [5, 5.41) is 0. The molecule has 0 radical (unpaired) electrons. The fourth-order valence-electron chi connectivity index (χ4n) is 1.56. The minimum absolute atomic E-state index is 0.0328. The fraction of sp³-hybridized carbons (Fsp3) is 0.455. The minimum Gasteiger partial charge on any atom is -0.486 e. The molecule has 1 nitrogen and oxygen atoms in total.